The summed E-state index contributed by atoms with van der Waals surface area (Å²) < 4.78 is 20.7. The summed E-state index contributed by atoms with van der Waals surface area (Å²) in [6.07, 6.45) is 1.14. The zero-order chi connectivity index (χ0) is 9.40. The molecule has 0 aromatic carbocycles. The highest BCUT2D eigenvalue weighted by Gasteiger charge is 1.95. The van der Waals surface area contributed by atoms with E-state index < -0.39 is 11.3 Å². The summed E-state index contributed by atoms with van der Waals surface area (Å²) in [5.74, 6) is 0. The summed E-state index contributed by atoms with van der Waals surface area (Å²) in [5, 5.41) is 3.30. The van der Waals surface area contributed by atoms with Gasteiger partial charge in [-0.05, 0) is 18.4 Å². The molecule has 0 saturated heterocycles. The molecule has 0 spiro atoms. The van der Waals surface area contributed by atoms with Crippen molar-refractivity contribution in [2.24, 2.45) is 5.11 Å². The average Bonchev–Trinajstić information content (AvgIpc) is 1.97. The Hall–Kier alpha value is -1.04. The lowest BCUT2D eigenvalue weighted by atomic mass is 10.3. The molecule has 1 unspecified atom stereocenters. The van der Waals surface area contributed by atoms with Crippen molar-refractivity contribution in [1.82, 2.24) is 4.72 Å². The molecular formula is C5H10N4O2S. The smallest absolute Gasteiger partial charge is 0.258 e. The van der Waals surface area contributed by atoms with Crippen molar-refractivity contribution in [3.05, 3.63) is 22.7 Å². The lowest BCUT2D eigenvalue weighted by Crippen LogP contribution is -2.14. The molecule has 7 heteroatoms. The summed E-state index contributed by atoms with van der Waals surface area (Å²) >= 11 is -2.06. The number of azide groups is 1. The van der Waals surface area contributed by atoms with Crippen LogP contribution in [0.3, 0.4) is 0 Å². The van der Waals surface area contributed by atoms with E-state index in [0.29, 0.717) is 25.1 Å². The maximum Gasteiger partial charge on any atom is 0.258 e. The number of nitrogens with zero attached hydrogens (tertiary/aromatic N) is 3. The highest BCUT2D eigenvalue weighted by Crippen LogP contribution is 1.98. The summed E-state index contributed by atoms with van der Waals surface area (Å²) in [6.45, 7) is 3.86. The molecule has 0 amide bonds. The minimum atomic E-state index is -2.06. The summed E-state index contributed by atoms with van der Waals surface area (Å²) in [6, 6.07) is 0. The third-order valence-electron chi connectivity index (χ3n) is 1.03. The third-order valence-corrected chi connectivity index (χ3v) is 1.49. The SMILES string of the molecule is C=C(CCCN=[N+]=[N-])NS(=O)O. The van der Waals surface area contributed by atoms with Gasteiger partial charge in [0.05, 0.1) is 0 Å². The first-order chi connectivity index (χ1) is 5.66. The van der Waals surface area contributed by atoms with Gasteiger partial charge in [-0.3, -0.25) is 9.27 Å². The molecule has 6 nitrogen and oxygen atoms in total. The normalized spacial score (nSPS) is 11.4. The molecule has 2 N–H and O–H groups in total. The molecule has 0 fully saturated rings. The minimum absolute atomic E-state index is 0.370. The quantitative estimate of drug-likeness (QED) is 0.217. The van der Waals surface area contributed by atoms with E-state index in [-0.39, 0.29) is 0 Å². The van der Waals surface area contributed by atoms with Crippen LogP contribution in [-0.2, 0) is 11.3 Å². The van der Waals surface area contributed by atoms with E-state index in [9.17, 15) is 4.21 Å². The molecule has 0 aliphatic rings. The maximum absolute atomic E-state index is 10.2. The second-order valence-electron chi connectivity index (χ2n) is 2.01. The highest BCUT2D eigenvalue weighted by atomic mass is 32.2. The van der Waals surface area contributed by atoms with Crippen LogP contribution < -0.4 is 4.72 Å². The zero-order valence-electron chi connectivity index (χ0n) is 6.43. The standard InChI is InChI=1S/C5H10N4O2S/c1-5(8-12(10)11)3-2-4-7-9-6/h8H,1-4H2,(H,10,11). The molecular weight excluding hydrogens is 180 g/mol. The summed E-state index contributed by atoms with van der Waals surface area (Å²) in [5.41, 5.74) is 8.37. The van der Waals surface area contributed by atoms with E-state index in [1.54, 1.807) is 0 Å². The maximum atomic E-state index is 10.2. The Bertz CT molecular complexity index is 223. The fraction of sp³-hybridized carbons (Fsp3) is 0.600. The Kier molecular flexibility index (Phi) is 6.08. The van der Waals surface area contributed by atoms with E-state index in [4.69, 9.17) is 10.1 Å². The van der Waals surface area contributed by atoms with Crippen molar-refractivity contribution < 1.29 is 8.76 Å². The van der Waals surface area contributed by atoms with Crippen LogP contribution in [0.1, 0.15) is 12.8 Å². The molecule has 0 aromatic rings. The van der Waals surface area contributed by atoms with Gasteiger partial charge in [0.2, 0.25) is 0 Å². The third kappa shape index (κ3) is 7.07. The molecule has 12 heavy (non-hydrogen) atoms. The second kappa shape index (κ2) is 6.66. The molecule has 1 atom stereocenters. The van der Waals surface area contributed by atoms with Gasteiger partial charge in [-0.1, -0.05) is 11.7 Å². The van der Waals surface area contributed by atoms with Gasteiger partial charge in [0.1, 0.15) is 0 Å². The van der Waals surface area contributed by atoms with Crippen molar-refractivity contribution in [3.63, 3.8) is 0 Å². The fourth-order valence-corrected chi connectivity index (χ4v) is 0.931. The molecule has 0 heterocycles. The van der Waals surface area contributed by atoms with Gasteiger partial charge < -0.3 is 0 Å². The molecule has 0 aliphatic carbocycles. The summed E-state index contributed by atoms with van der Waals surface area (Å²) in [7, 11) is 0. The van der Waals surface area contributed by atoms with E-state index in [1.165, 1.54) is 0 Å². The molecule has 0 aromatic heterocycles. The van der Waals surface area contributed by atoms with Crippen LogP contribution in [0.2, 0.25) is 0 Å². The second-order valence-corrected chi connectivity index (χ2v) is 2.72. The van der Waals surface area contributed by atoms with Gasteiger partial charge >= 0.3 is 0 Å². The first-order valence-corrected chi connectivity index (χ1v) is 4.33. The fourth-order valence-electron chi connectivity index (χ4n) is 0.582. The molecule has 68 valence electrons. The first kappa shape index (κ1) is 11.0. The van der Waals surface area contributed by atoms with Crippen molar-refractivity contribution in [1.29, 1.82) is 0 Å². The van der Waals surface area contributed by atoms with Crippen LogP contribution in [-0.4, -0.2) is 15.3 Å². The first-order valence-electron chi connectivity index (χ1n) is 3.23. The van der Waals surface area contributed by atoms with Gasteiger partial charge in [-0.25, -0.2) is 4.21 Å². The van der Waals surface area contributed by atoms with Crippen molar-refractivity contribution in [3.8, 4) is 0 Å². The predicted molar refractivity (Wildman–Crippen MR) is 46.3 cm³/mol. The zero-order valence-corrected chi connectivity index (χ0v) is 7.25. The minimum Gasteiger partial charge on any atom is -0.289 e. The number of hydrogen-bond donors (Lipinski definition) is 2. The Morgan fingerprint density at radius 2 is 2.50 bits per heavy atom. The van der Waals surface area contributed by atoms with Crippen LogP contribution in [0.25, 0.3) is 10.4 Å². The van der Waals surface area contributed by atoms with Crippen molar-refractivity contribution >= 4 is 11.3 Å². The van der Waals surface area contributed by atoms with Gasteiger partial charge in [0.15, 0.2) is 0 Å². The number of rotatable bonds is 6. The van der Waals surface area contributed by atoms with Gasteiger partial charge in [0.25, 0.3) is 11.3 Å². The average molecular weight is 190 g/mol. The predicted octanol–water partition coefficient (Wildman–Crippen LogP) is 1.32. The molecule has 0 aliphatic heterocycles. The molecule has 0 bridgehead atoms. The lowest BCUT2D eigenvalue weighted by molar-refractivity contribution is 0.554. The molecule has 0 rings (SSSR count). The Balaban J connectivity index is 3.44. The van der Waals surface area contributed by atoms with Crippen LogP contribution in [0.4, 0.5) is 0 Å². The van der Waals surface area contributed by atoms with Gasteiger partial charge in [-0.15, -0.1) is 0 Å². The molecule has 0 radical (unpaired) electrons. The number of allylic oxidation sites excluding steroid dienone is 1. The number of hydrogen-bond acceptors (Lipinski definition) is 2. The molecule has 0 saturated carbocycles. The lowest BCUT2D eigenvalue weighted by Gasteiger charge is -2.02. The summed E-state index contributed by atoms with van der Waals surface area (Å²) in [4.78, 5) is 2.56. The van der Waals surface area contributed by atoms with Crippen LogP contribution in [0, 0.1) is 0 Å². The Morgan fingerprint density at radius 1 is 1.83 bits per heavy atom. The van der Waals surface area contributed by atoms with Crippen LogP contribution in [0.15, 0.2) is 17.4 Å². The largest absolute Gasteiger partial charge is 0.289 e. The van der Waals surface area contributed by atoms with Crippen LogP contribution in [0.5, 0.6) is 0 Å². The van der Waals surface area contributed by atoms with Gasteiger partial charge in [-0.2, -0.15) is 0 Å². The monoisotopic (exact) mass is 190 g/mol. The van der Waals surface area contributed by atoms with Crippen LogP contribution >= 0.6 is 0 Å². The van der Waals surface area contributed by atoms with Crippen molar-refractivity contribution in [2.75, 3.05) is 6.54 Å². The van der Waals surface area contributed by atoms with E-state index >= 15 is 0 Å². The van der Waals surface area contributed by atoms with Crippen molar-refractivity contribution in [2.45, 2.75) is 12.8 Å². The Morgan fingerprint density at radius 3 is 3.00 bits per heavy atom. The van der Waals surface area contributed by atoms with E-state index in [2.05, 4.69) is 21.3 Å². The van der Waals surface area contributed by atoms with E-state index in [1.807, 2.05) is 0 Å². The number of nitrogens with one attached hydrogen (secondary N) is 1. The van der Waals surface area contributed by atoms with E-state index in [0.717, 1.165) is 0 Å². The Labute approximate surface area is 72.7 Å². The topological polar surface area (TPSA) is 98.1 Å². The highest BCUT2D eigenvalue weighted by molar-refractivity contribution is 7.77. The van der Waals surface area contributed by atoms with Gasteiger partial charge in [0, 0.05) is 17.2 Å².